The predicted octanol–water partition coefficient (Wildman–Crippen LogP) is 4.06. The summed E-state index contributed by atoms with van der Waals surface area (Å²) < 4.78 is 10.4. The van der Waals surface area contributed by atoms with Crippen molar-refractivity contribution < 1.29 is 17.1 Å². The lowest BCUT2D eigenvalue weighted by Gasteiger charge is -2.13. The van der Waals surface area contributed by atoms with Crippen molar-refractivity contribution in [2.45, 2.75) is 13.8 Å². The quantitative estimate of drug-likeness (QED) is 0.835. The summed E-state index contributed by atoms with van der Waals surface area (Å²) in [6.07, 6.45) is 0. The molecule has 122 valence electrons. The van der Waals surface area contributed by atoms with E-state index in [4.69, 9.17) is 15.2 Å². The van der Waals surface area contributed by atoms with E-state index >= 15 is 0 Å². The van der Waals surface area contributed by atoms with Crippen LogP contribution in [0, 0.1) is 0 Å². The number of nitrogens with one attached hydrogen (secondary N) is 1. The van der Waals surface area contributed by atoms with Crippen LogP contribution in [-0.4, -0.2) is 20.1 Å². The van der Waals surface area contributed by atoms with Crippen LogP contribution in [0.5, 0.6) is 11.5 Å². The molecule has 2 rings (SSSR count). The van der Waals surface area contributed by atoms with E-state index in [1.165, 1.54) is 14.2 Å². The van der Waals surface area contributed by atoms with Gasteiger partial charge in [-0.2, -0.15) is 0 Å². The number of hydrogen-bond donors (Lipinski definition) is 2. The second kappa shape index (κ2) is 8.56. The van der Waals surface area contributed by atoms with Crippen molar-refractivity contribution in [3.8, 4) is 11.5 Å². The van der Waals surface area contributed by atoms with Gasteiger partial charge in [0.2, 0.25) is 0 Å². The van der Waals surface area contributed by atoms with Gasteiger partial charge in [0.25, 0.3) is 5.91 Å². The molecule has 2 aromatic rings. The third-order valence-electron chi connectivity index (χ3n) is 2.84. The van der Waals surface area contributed by atoms with Crippen molar-refractivity contribution in [1.82, 2.24) is 0 Å². The van der Waals surface area contributed by atoms with E-state index in [1.807, 2.05) is 19.9 Å². The third-order valence-corrected chi connectivity index (χ3v) is 2.84. The molecule has 0 aliphatic carbocycles. The SMILES string of the molecule is CC.COc1cc(NC(=O)c2ccccc2)c(OC)cc1N.[HH].[HH]. The van der Waals surface area contributed by atoms with Gasteiger partial charge < -0.3 is 20.5 Å². The van der Waals surface area contributed by atoms with Crippen LogP contribution in [0.4, 0.5) is 11.4 Å². The number of carbonyl (C=O) groups excluding carboxylic acids is 1. The number of ether oxygens (including phenoxy) is 2. The van der Waals surface area contributed by atoms with Crippen molar-refractivity contribution >= 4 is 17.3 Å². The maximum atomic E-state index is 12.1. The first-order chi connectivity index (χ1) is 10.7. The molecule has 5 nitrogen and oxygen atoms in total. The molecule has 1 amide bonds. The second-order valence-corrected chi connectivity index (χ2v) is 4.11. The van der Waals surface area contributed by atoms with Gasteiger partial charge >= 0.3 is 0 Å². The van der Waals surface area contributed by atoms with Gasteiger partial charge in [-0.1, -0.05) is 32.0 Å². The summed E-state index contributed by atoms with van der Waals surface area (Å²) in [6.45, 7) is 4.00. The number of amides is 1. The van der Waals surface area contributed by atoms with Crippen LogP contribution < -0.4 is 20.5 Å². The standard InChI is InChI=1S/C15H16N2O3.C2H6.2H2/c1-19-13-9-12(14(20-2)8-11(13)16)17-15(18)10-6-4-3-5-7-10;1-2;;/h3-9H,16H2,1-2H3,(H,17,18);1-2H3;2*1H. The minimum absolute atomic E-state index is 0. The van der Waals surface area contributed by atoms with E-state index in [9.17, 15) is 4.79 Å². The van der Waals surface area contributed by atoms with Crippen molar-refractivity contribution in [3.05, 3.63) is 48.0 Å². The Morgan fingerprint density at radius 1 is 1.05 bits per heavy atom. The number of benzene rings is 2. The first-order valence-corrected chi connectivity index (χ1v) is 7.03. The average Bonchev–Trinajstić information content (AvgIpc) is 2.58. The maximum Gasteiger partial charge on any atom is 0.255 e. The number of nitrogen functional groups attached to an aromatic ring is 1. The number of hydrogen-bond acceptors (Lipinski definition) is 4. The number of methoxy groups -OCH3 is 2. The molecule has 2 aromatic carbocycles. The van der Waals surface area contributed by atoms with Gasteiger partial charge in [0.15, 0.2) is 0 Å². The molecule has 0 bridgehead atoms. The molecule has 0 aromatic heterocycles. The molecule has 0 spiro atoms. The first-order valence-electron chi connectivity index (χ1n) is 7.03. The highest BCUT2D eigenvalue weighted by Crippen LogP contribution is 2.34. The largest absolute Gasteiger partial charge is 0.495 e. The molecule has 0 fully saturated rings. The smallest absolute Gasteiger partial charge is 0.255 e. The lowest BCUT2D eigenvalue weighted by Crippen LogP contribution is -2.12. The van der Waals surface area contributed by atoms with Crippen LogP contribution in [0.1, 0.15) is 27.1 Å². The lowest BCUT2D eigenvalue weighted by molar-refractivity contribution is 0.102. The van der Waals surface area contributed by atoms with Crippen LogP contribution in [0.2, 0.25) is 0 Å². The van der Waals surface area contributed by atoms with Gasteiger partial charge in [0.05, 0.1) is 25.6 Å². The Balaban J connectivity index is 0. The van der Waals surface area contributed by atoms with Crippen molar-refractivity contribution in [3.63, 3.8) is 0 Å². The highest BCUT2D eigenvalue weighted by Gasteiger charge is 2.12. The van der Waals surface area contributed by atoms with E-state index < -0.39 is 0 Å². The summed E-state index contributed by atoms with van der Waals surface area (Å²) in [6, 6.07) is 12.2. The normalized spacial score (nSPS) is 9.27. The van der Waals surface area contributed by atoms with Crippen molar-refractivity contribution in [1.29, 1.82) is 0 Å². The Bertz CT molecular complexity index is 623. The summed E-state index contributed by atoms with van der Waals surface area (Å²) in [5.41, 5.74) is 7.31. The van der Waals surface area contributed by atoms with Crippen LogP contribution in [-0.2, 0) is 0 Å². The summed E-state index contributed by atoms with van der Waals surface area (Å²) in [4.78, 5) is 12.1. The first kappa shape index (κ1) is 17.4. The molecule has 0 saturated carbocycles. The summed E-state index contributed by atoms with van der Waals surface area (Å²) in [5.74, 6) is 0.734. The highest BCUT2D eigenvalue weighted by molar-refractivity contribution is 6.05. The van der Waals surface area contributed by atoms with E-state index in [0.29, 0.717) is 28.4 Å². The fourth-order valence-corrected chi connectivity index (χ4v) is 1.80. The van der Waals surface area contributed by atoms with Crippen molar-refractivity contribution in [2.75, 3.05) is 25.3 Å². The molecule has 0 aliphatic heterocycles. The predicted molar refractivity (Wildman–Crippen MR) is 93.9 cm³/mol. The monoisotopic (exact) mass is 306 g/mol. The summed E-state index contributed by atoms with van der Waals surface area (Å²) in [7, 11) is 3.03. The number of carbonyl (C=O) groups is 1. The van der Waals surface area contributed by atoms with E-state index in [0.717, 1.165) is 0 Å². The number of anilines is 2. The molecule has 0 heterocycles. The second-order valence-electron chi connectivity index (χ2n) is 4.11. The molecule has 0 radical (unpaired) electrons. The molecular formula is C17H26N2O3. The minimum Gasteiger partial charge on any atom is -0.495 e. The maximum absolute atomic E-state index is 12.1. The van der Waals surface area contributed by atoms with Gasteiger partial charge in [-0.15, -0.1) is 0 Å². The Kier molecular flexibility index (Phi) is 6.76. The minimum atomic E-state index is -0.226. The van der Waals surface area contributed by atoms with E-state index in [2.05, 4.69) is 5.32 Å². The zero-order chi connectivity index (χ0) is 16.5. The van der Waals surface area contributed by atoms with Gasteiger partial charge in [0.1, 0.15) is 11.5 Å². The van der Waals surface area contributed by atoms with Gasteiger partial charge in [0, 0.05) is 20.5 Å². The van der Waals surface area contributed by atoms with Gasteiger partial charge in [-0.25, -0.2) is 0 Å². The topological polar surface area (TPSA) is 73.6 Å². The van der Waals surface area contributed by atoms with Crippen LogP contribution in [0.15, 0.2) is 42.5 Å². The van der Waals surface area contributed by atoms with E-state index in [1.54, 1.807) is 36.4 Å². The molecule has 3 N–H and O–H groups in total. The Morgan fingerprint density at radius 3 is 2.18 bits per heavy atom. The van der Waals surface area contributed by atoms with Crippen molar-refractivity contribution in [2.24, 2.45) is 0 Å². The number of nitrogens with two attached hydrogens (primary N) is 1. The van der Waals surface area contributed by atoms with Crippen LogP contribution in [0.25, 0.3) is 0 Å². The Morgan fingerprint density at radius 2 is 1.64 bits per heavy atom. The summed E-state index contributed by atoms with van der Waals surface area (Å²) in [5, 5.41) is 2.78. The molecule has 22 heavy (non-hydrogen) atoms. The lowest BCUT2D eigenvalue weighted by atomic mass is 10.2. The molecule has 0 saturated heterocycles. The van der Waals surface area contributed by atoms with Gasteiger partial charge in [-0.3, -0.25) is 4.79 Å². The zero-order valence-corrected chi connectivity index (χ0v) is 13.3. The Hall–Kier alpha value is -2.69. The molecule has 0 aliphatic rings. The van der Waals surface area contributed by atoms with E-state index in [-0.39, 0.29) is 8.76 Å². The highest BCUT2D eigenvalue weighted by atomic mass is 16.5. The summed E-state index contributed by atoms with van der Waals surface area (Å²) >= 11 is 0. The zero-order valence-electron chi connectivity index (χ0n) is 13.3. The number of rotatable bonds is 4. The average molecular weight is 306 g/mol. The Labute approximate surface area is 134 Å². The third kappa shape index (κ3) is 4.15. The molecule has 0 unspecified atom stereocenters. The van der Waals surface area contributed by atoms with Gasteiger partial charge in [-0.05, 0) is 12.1 Å². The fraction of sp³-hybridized carbons (Fsp3) is 0.235. The molecule has 5 heteroatoms. The molecule has 0 atom stereocenters. The van der Waals surface area contributed by atoms with Crippen LogP contribution >= 0.6 is 0 Å². The molecular weight excluding hydrogens is 280 g/mol. The van der Waals surface area contributed by atoms with Crippen LogP contribution in [0.3, 0.4) is 0 Å². The fourth-order valence-electron chi connectivity index (χ4n) is 1.80.